The number of nitrogens with one attached hydrogen (secondary N) is 1. The molecule has 6 heteroatoms. The van der Waals surface area contributed by atoms with Crippen LogP contribution in [0.5, 0.6) is 17.4 Å². The number of aromatic nitrogens is 1. The Morgan fingerprint density at radius 3 is 2.50 bits per heavy atom. The van der Waals surface area contributed by atoms with Crippen LogP contribution in [-0.2, 0) is 11.3 Å². The summed E-state index contributed by atoms with van der Waals surface area (Å²) < 4.78 is 15.6. The zero-order chi connectivity index (χ0) is 15.8. The molecule has 0 fully saturated rings. The number of carbonyl (C=O) groups excluding carboxylic acids is 1. The molecular weight excluding hydrogens is 284 g/mol. The SMILES string of the molecule is COc1ccc(OCC(=O)NCc2cccnc2OC)cc1. The first-order valence-corrected chi connectivity index (χ1v) is 6.74. The monoisotopic (exact) mass is 302 g/mol. The third-order valence-electron chi connectivity index (χ3n) is 2.95. The summed E-state index contributed by atoms with van der Waals surface area (Å²) >= 11 is 0. The van der Waals surface area contributed by atoms with Gasteiger partial charge in [-0.3, -0.25) is 4.79 Å². The zero-order valence-electron chi connectivity index (χ0n) is 12.5. The van der Waals surface area contributed by atoms with Crippen molar-refractivity contribution in [1.29, 1.82) is 0 Å². The lowest BCUT2D eigenvalue weighted by Gasteiger charge is -2.09. The van der Waals surface area contributed by atoms with Gasteiger partial charge in [0.25, 0.3) is 5.91 Å². The lowest BCUT2D eigenvalue weighted by Crippen LogP contribution is -2.28. The summed E-state index contributed by atoms with van der Waals surface area (Å²) in [7, 11) is 3.14. The van der Waals surface area contributed by atoms with Gasteiger partial charge in [-0.2, -0.15) is 0 Å². The number of rotatable bonds is 7. The van der Waals surface area contributed by atoms with Crippen molar-refractivity contribution >= 4 is 5.91 Å². The second-order valence-electron chi connectivity index (χ2n) is 4.41. The highest BCUT2D eigenvalue weighted by Crippen LogP contribution is 2.17. The quantitative estimate of drug-likeness (QED) is 0.844. The van der Waals surface area contributed by atoms with Crippen LogP contribution in [0.4, 0.5) is 0 Å². The summed E-state index contributed by atoms with van der Waals surface area (Å²) in [5.74, 6) is 1.62. The molecule has 0 unspecified atom stereocenters. The number of methoxy groups -OCH3 is 2. The predicted molar refractivity (Wildman–Crippen MR) is 81.1 cm³/mol. The molecule has 1 aromatic heterocycles. The first-order chi connectivity index (χ1) is 10.7. The largest absolute Gasteiger partial charge is 0.497 e. The molecule has 0 radical (unpaired) electrons. The molecule has 0 atom stereocenters. The van der Waals surface area contributed by atoms with Crippen LogP contribution in [-0.4, -0.2) is 31.7 Å². The van der Waals surface area contributed by atoms with Crippen molar-refractivity contribution in [1.82, 2.24) is 10.3 Å². The van der Waals surface area contributed by atoms with Gasteiger partial charge in [-0.05, 0) is 30.3 Å². The van der Waals surface area contributed by atoms with Crippen LogP contribution in [0.15, 0.2) is 42.6 Å². The third-order valence-corrected chi connectivity index (χ3v) is 2.95. The van der Waals surface area contributed by atoms with Crippen LogP contribution in [0.25, 0.3) is 0 Å². The van der Waals surface area contributed by atoms with Crippen LogP contribution < -0.4 is 19.5 Å². The lowest BCUT2D eigenvalue weighted by molar-refractivity contribution is -0.123. The Kier molecular flexibility index (Phi) is 5.59. The molecule has 0 aliphatic heterocycles. The summed E-state index contributed by atoms with van der Waals surface area (Å²) in [6.07, 6.45) is 1.64. The molecule has 0 aliphatic carbocycles. The van der Waals surface area contributed by atoms with E-state index >= 15 is 0 Å². The lowest BCUT2D eigenvalue weighted by atomic mass is 10.2. The average Bonchev–Trinajstić information content (AvgIpc) is 2.58. The fourth-order valence-corrected chi connectivity index (χ4v) is 1.81. The molecule has 6 nitrogen and oxygen atoms in total. The van der Waals surface area contributed by atoms with Gasteiger partial charge >= 0.3 is 0 Å². The molecule has 0 bridgehead atoms. The fourth-order valence-electron chi connectivity index (χ4n) is 1.81. The average molecular weight is 302 g/mol. The van der Waals surface area contributed by atoms with Crippen molar-refractivity contribution in [3.05, 3.63) is 48.2 Å². The van der Waals surface area contributed by atoms with E-state index in [1.165, 1.54) is 0 Å². The summed E-state index contributed by atoms with van der Waals surface area (Å²) in [4.78, 5) is 15.9. The predicted octanol–water partition coefficient (Wildman–Crippen LogP) is 1.79. The molecule has 22 heavy (non-hydrogen) atoms. The number of hydrogen-bond acceptors (Lipinski definition) is 5. The van der Waals surface area contributed by atoms with Crippen molar-refractivity contribution < 1.29 is 19.0 Å². The molecule has 0 aliphatic rings. The third kappa shape index (κ3) is 4.37. The summed E-state index contributed by atoms with van der Waals surface area (Å²) in [5.41, 5.74) is 0.808. The van der Waals surface area contributed by atoms with Crippen molar-refractivity contribution in [3.63, 3.8) is 0 Å². The number of benzene rings is 1. The van der Waals surface area contributed by atoms with E-state index in [0.29, 0.717) is 18.2 Å². The molecule has 1 N–H and O–H groups in total. The van der Waals surface area contributed by atoms with Crippen molar-refractivity contribution in [2.24, 2.45) is 0 Å². The van der Waals surface area contributed by atoms with Gasteiger partial charge in [0.1, 0.15) is 11.5 Å². The van der Waals surface area contributed by atoms with Gasteiger partial charge in [-0.15, -0.1) is 0 Å². The van der Waals surface area contributed by atoms with Crippen LogP contribution in [0.2, 0.25) is 0 Å². The fraction of sp³-hybridized carbons (Fsp3) is 0.250. The van der Waals surface area contributed by atoms with Crippen LogP contribution in [0, 0.1) is 0 Å². The maximum Gasteiger partial charge on any atom is 0.258 e. The molecule has 116 valence electrons. The number of nitrogens with zero attached hydrogens (tertiary/aromatic N) is 1. The van der Waals surface area contributed by atoms with E-state index in [-0.39, 0.29) is 12.5 Å². The van der Waals surface area contributed by atoms with Crippen molar-refractivity contribution in [2.75, 3.05) is 20.8 Å². The summed E-state index contributed by atoms with van der Waals surface area (Å²) in [6.45, 7) is 0.275. The number of ether oxygens (including phenoxy) is 3. The van der Waals surface area contributed by atoms with Gasteiger partial charge in [0.2, 0.25) is 5.88 Å². The van der Waals surface area contributed by atoms with Gasteiger partial charge < -0.3 is 19.5 Å². The highest BCUT2D eigenvalue weighted by Gasteiger charge is 2.07. The van der Waals surface area contributed by atoms with Gasteiger partial charge in [0.15, 0.2) is 6.61 Å². The minimum Gasteiger partial charge on any atom is -0.497 e. The molecule has 1 heterocycles. The first-order valence-electron chi connectivity index (χ1n) is 6.74. The Labute approximate surface area is 129 Å². The maximum atomic E-state index is 11.8. The highest BCUT2D eigenvalue weighted by atomic mass is 16.5. The molecular formula is C16H18N2O4. The number of pyridine rings is 1. The van der Waals surface area contributed by atoms with E-state index in [4.69, 9.17) is 14.2 Å². The minimum atomic E-state index is -0.221. The van der Waals surface area contributed by atoms with Crippen molar-refractivity contribution in [2.45, 2.75) is 6.54 Å². The van der Waals surface area contributed by atoms with Crippen molar-refractivity contribution in [3.8, 4) is 17.4 Å². The molecule has 0 saturated carbocycles. The van der Waals surface area contributed by atoms with E-state index in [9.17, 15) is 4.79 Å². The number of carbonyl (C=O) groups is 1. The van der Waals surface area contributed by atoms with E-state index in [1.807, 2.05) is 6.07 Å². The van der Waals surface area contributed by atoms with Gasteiger partial charge in [-0.1, -0.05) is 6.07 Å². The summed E-state index contributed by atoms with van der Waals surface area (Å²) in [6, 6.07) is 10.7. The molecule has 2 aromatic rings. The molecule has 0 spiro atoms. The topological polar surface area (TPSA) is 69.7 Å². The maximum absolute atomic E-state index is 11.8. The van der Waals surface area contributed by atoms with Crippen LogP contribution in [0.1, 0.15) is 5.56 Å². The minimum absolute atomic E-state index is 0.0606. The Morgan fingerprint density at radius 2 is 1.82 bits per heavy atom. The Hall–Kier alpha value is -2.76. The zero-order valence-corrected chi connectivity index (χ0v) is 12.5. The number of hydrogen-bond donors (Lipinski definition) is 1. The number of amides is 1. The second-order valence-corrected chi connectivity index (χ2v) is 4.41. The van der Waals surface area contributed by atoms with Gasteiger partial charge in [0.05, 0.1) is 14.2 Å². The normalized spacial score (nSPS) is 9.91. The Morgan fingerprint density at radius 1 is 1.09 bits per heavy atom. The second kappa shape index (κ2) is 7.87. The highest BCUT2D eigenvalue weighted by molar-refractivity contribution is 5.77. The first kappa shape index (κ1) is 15.6. The van der Waals surface area contributed by atoms with Crippen LogP contribution in [0.3, 0.4) is 0 Å². The summed E-state index contributed by atoms with van der Waals surface area (Å²) in [5, 5.41) is 2.76. The van der Waals surface area contributed by atoms with E-state index in [1.54, 1.807) is 50.7 Å². The molecule has 1 aromatic carbocycles. The van der Waals surface area contributed by atoms with E-state index < -0.39 is 0 Å². The van der Waals surface area contributed by atoms with E-state index in [0.717, 1.165) is 11.3 Å². The van der Waals surface area contributed by atoms with Gasteiger partial charge in [0, 0.05) is 18.3 Å². The Balaban J connectivity index is 1.80. The van der Waals surface area contributed by atoms with Crippen LogP contribution >= 0.6 is 0 Å². The molecule has 1 amide bonds. The van der Waals surface area contributed by atoms with Gasteiger partial charge in [-0.25, -0.2) is 4.98 Å². The molecule has 2 rings (SSSR count). The standard InChI is InChI=1S/C16H18N2O4/c1-20-13-5-7-14(8-6-13)22-11-15(19)18-10-12-4-3-9-17-16(12)21-2/h3-9H,10-11H2,1-2H3,(H,18,19). The smallest absolute Gasteiger partial charge is 0.258 e. The molecule has 0 saturated heterocycles. The Bertz CT molecular complexity index is 614. The van der Waals surface area contributed by atoms with E-state index in [2.05, 4.69) is 10.3 Å².